The highest BCUT2D eigenvalue weighted by Gasteiger charge is 2.53. The van der Waals surface area contributed by atoms with E-state index in [4.69, 9.17) is 4.98 Å². The molecule has 1 amide bonds. The van der Waals surface area contributed by atoms with Crippen LogP contribution in [0.5, 0.6) is 0 Å². The second-order valence-corrected chi connectivity index (χ2v) is 9.08. The molecule has 1 saturated carbocycles. The van der Waals surface area contributed by atoms with Crippen molar-refractivity contribution in [1.82, 2.24) is 14.9 Å². The van der Waals surface area contributed by atoms with E-state index in [1.54, 1.807) is 12.1 Å². The molecule has 31 heavy (non-hydrogen) atoms. The van der Waals surface area contributed by atoms with Gasteiger partial charge in [-0.2, -0.15) is 4.98 Å². The first-order valence-electron chi connectivity index (χ1n) is 11.5. The van der Waals surface area contributed by atoms with Gasteiger partial charge in [0.05, 0.1) is 5.41 Å². The maximum atomic E-state index is 13.3. The van der Waals surface area contributed by atoms with Crippen LogP contribution in [0.25, 0.3) is 0 Å². The van der Waals surface area contributed by atoms with Crippen molar-refractivity contribution >= 4 is 17.7 Å². The van der Waals surface area contributed by atoms with Crippen molar-refractivity contribution in [2.45, 2.75) is 44.4 Å². The smallest absolute Gasteiger partial charge is 0.233 e. The maximum Gasteiger partial charge on any atom is 0.233 e. The monoisotopic (exact) mass is 423 g/mol. The summed E-state index contributed by atoms with van der Waals surface area (Å²) in [5.41, 5.74) is 1.49. The van der Waals surface area contributed by atoms with Crippen LogP contribution < -0.4 is 9.80 Å². The molecular weight excluding hydrogens is 393 g/mol. The standard InChI is InChI=1S/C24H30FN5O/c1-18-17-21(27-23(26-18)30-11-3-2-4-12-30)28-13-15-29(16-14-28)22(31)24(9-10-24)19-5-7-20(25)8-6-19/h5-8,17H,2-4,9-16H2,1H3. The lowest BCUT2D eigenvalue weighted by molar-refractivity contribution is -0.134. The van der Waals surface area contributed by atoms with Gasteiger partial charge in [0.1, 0.15) is 11.6 Å². The lowest BCUT2D eigenvalue weighted by Gasteiger charge is -2.37. The molecule has 1 aromatic heterocycles. The van der Waals surface area contributed by atoms with E-state index in [-0.39, 0.29) is 11.7 Å². The Morgan fingerprint density at radius 3 is 2.23 bits per heavy atom. The zero-order valence-corrected chi connectivity index (χ0v) is 18.2. The van der Waals surface area contributed by atoms with Crippen LogP contribution in [0.1, 0.15) is 43.4 Å². The molecule has 7 heteroatoms. The Bertz CT molecular complexity index is 945. The summed E-state index contributed by atoms with van der Waals surface area (Å²) in [6.07, 6.45) is 5.38. The zero-order valence-electron chi connectivity index (χ0n) is 18.2. The van der Waals surface area contributed by atoms with Crippen molar-refractivity contribution in [3.05, 3.63) is 47.4 Å². The first kappa shape index (κ1) is 20.2. The van der Waals surface area contributed by atoms with Crippen LogP contribution in [0.2, 0.25) is 0 Å². The molecule has 2 aliphatic heterocycles. The molecule has 164 valence electrons. The number of aryl methyl sites for hydroxylation is 1. The first-order valence-corrected chi connectivity index (χ1v) is 11.5. The Morgan fingerprint density at radius 2 is 1.58 bits per heavy atom. The third kappa shape index (κ3) is 3.98. The fourth-order valence-electron chi connectivity index (χ4n) is 4.90. The number of anilines is 2. The summed E-state index contributed by atoms with van der Waals surface area (Å²) in [5, 5.41) is 0. The highest BCUT2D eigenvalue weighted by molar-refractivity contribution is 5.91. The summed E-state index contributed by atoms with van der Waals surface area (Å²) in [4.78, 5) is 29.4. The Balaban J connectivity index is 1.26. The van der Waals surface area contributed by atoms with E-state index in [2.05, 4.69) is 14.8 Å². The van der Waals surface area contributed by atoms with Gasteiger partial charge < -0.3 is 14.7 Å². The van der Waals surface area contributed by atoms with Gasteiger partial charge in [-0.3, -0.25) is 4.79 Å². The Hall–Kier alpha value is -2.70. The van der Waals surface area contributed by atoms with Crippen LogP contribution in [0, 0.1) is 12.7 Å². The van der Waals surface area contributed by atoms with Gasteiger partial charge in [0.2, 0.25) is 11.9 Å². The van der Waals surface area contributed by atoms with E-state index in [0.29, 0.717) is 13.1 Å². The van der Waals surface area contributed by atoms with Crippen molar-refractivity contribution < 1.29 is 9.18 Å². The number of hydrogen-bond acceptors (Lipinski definition) is 5. The van der Waals surface area contributed by atoms with Gasteiger partial charge in [-0.25, -0.2) is 9.37 Å². The number of carbonyl (C=O) groups is 1. The summed E-state index contributed by atoms with van der Waals surface area (Å²) in [6, 6.07) is 8.49. The molecule has 1 aromatic carbocycles. The van der Waals surface area contributed by atoms with Gasteiger partial charge >= 0.3 is 0 Å². The Labute approximate surface area is 183 Å². The molecule has 0 atom stereocenters. The SMILES string of the molecule is Cc1cc(N2CCN(C(=O)C3(c4ccc(F)cc4)CC3)CC2)nc(N2CCCCC2)n1. The molecule has 2 aromatic rings. The molecular formula is C24H30FN5O. The van der Waals surface area contributed by atoms with Gasteiger partial charge in [-0.15, -0.1) is 0 Å². The largest absolute Gasteiger partial charge is 0.353 e. The van der Waals surface area contributed by atoms with Crippen LogP contribution in [0.15, 0.2) is 30.3 Å². The highest BCUT2D eigenvalue weighted by Crippen LogP contribution is 2.49. The minimum absolute atomic E-state index is 0.187. The summed E-state index contributed by atoms with van der Waals surface area (Å²) < 4.78 is 13.3. The number of rotatable bonds is 4. The van der Waals surface area contributed by atoms with Crippen LogP contribution in [0.3, 0.4) is 0 Å². The Morgan fingerprint density at radius 1 is 0.903 bits per heavy atom. The molecule has 2 saturated heterocycles. The number of benzene rings is 1. The lowest BCUT2D eigenvalue weighted by atomic mass is 9.94. The van der Waals surface area contributed by atoms with E-state index >= 15 is 0 Å². The van der Waals surface area contributed by atoms with Crippen LogP contribution >= 0.6 is 0 Å². The number of nitrogens with zero attached hydrogens (tertiary/aromatic N) is 5. The van der Waals surface area contributed by atoms with Gasteiger partial charge in [0.15, 0.2) is 0 Å². The topological polar surface area (TPSA) is 52.6 Å². The van der Waals surface area contributed by atoms with E-state index in [1.165, 1.54) is 31.4 Å². The molecule has 5 rings (SSSR count). The average Bonchev–Trinajstić information content (AvgIpc) is 3.61. The zero-order chi connectivity index (χ0) is 21.4. The number of amides is 1. The number of hydrogen-bond donors (Lipinski definition) is 0. The second-order valence-electron chi connectivity index (χ2n) is 9.08. The Kier molecular flexibility index (Phi) is 5.28. The summed E-state index contributed by atoms with van der Waals surface area (Å²) in [7, 11) is 0. The third-order valence-electron chi connectivity index (χ3n) is 6.91. The molecule has 3 heterocycles. The minimum Gasteiger partial charge on any atom is -0.353 e. The van der Waals surface area contributed by atoms with Crippen molar-refractivity contribution in [1.29, 1.82) is 0 Å². The van der Waals surface area contributed by atoms with E-state index in [1.807, 2.05) is 17.9 Å². The predicted molar refractivity (Wildman–Crippen MR) is 119 cm³/mol. The molecule has 0 bridgehead atoms. The molecule has 3 aliphatic rings. The van der Waals surface area contributed by atoms with Gasteiger partial charge in [0.25, 0.3) is 0 Å². The maximum absolute atomic E-state index is 13.3. The number of piperazine rings is 1. The first-order chi connectivity index (χ1) is 15.0. The molecule has 0 radical (unpaired) electrons. The molecule has 1 aliphatic carbocycles. The quantitative estimate of drug-likeness (QED) is 0.755. The predicted octanol–water partition coefficient (Wildman–Crippen LogP) is 3.29. The number of piperidine rings is 1. The van der Waals surface area contributed by atoms with Crippen LogP contribution in [0.4, 0.5) is 16.2 Å². The van der Waals surface area contributed by atoms with Gasteiger partial charge in [-0.1, -0.05) is 12.1 Å². The van der Waals surface area contributed by atoms with Gasteiger partial charge in [0, 0.05) is 51.0 Å². The molecule has 0 N–H and O–H groups in total. The number of carbonyl (C=O) groups excluding carboxylic acids is 1. The summed E-state index contributed by atoms with van der Waals surface area (Å²) >= 11 is 0. The average molecular weight is 424 g/mol. The van der Waals surface area contributed by atoms with Crippen LogP contribution in [-0.2, 0) is 10.2 Å². The fourth-order valence-corrected chi connectivity index (χ4v) is 4.90. The normalized spacial score (nSPS) is 20.6. The highest BCUT2D eigenvalue weighted by atomic mass is 19.1. The van der Waals surface area contributed by atoms with Crippen molar-refractivity contribution in [2.24, 2.45) is 0 Å². The number of halogens is 1. The summed E-state index contributed by atoms with van der Waals surface area (Å²) in [5.74, 6) is 1.72. The van der Waals surface area contributed by atoms with Crippen LogP contribution in [-0.4, -0.2) is 60.0 Å². The lowest BCUT2D eigenvalue weighted by Crippen LogP contribution is -2.52. The van der Waals surface area contributed by atoms with E-state index < -0.39 is 5.41 Å². The van der Waals surface area contributed by atoms with Gasteiger partial charge in [-0.05, 0) is 56.7 Å². The van der Waals surface area contributed by atoms with Crippen molar-refractivity contribution in [2.75, 3.05) is 49.1 Å². The van der Waals surface area contributed by atoms with Crippen molar-refractivity contribution in [3.8, 4) is 0 Å². The third-order valence-corrected chi connectivity index (χ3v) is 6.91. The molecule has 0 spiro atoms. The van der Waals surface area contributed by atoms with E-state index in [9.17, 15) is 9.18 Å². The second kappa shape index (κ2) is 8.09. The molecule has 3 fully saturated rings. The molecule has 0 unspecified atom stereocenters. The fraction of sp³-hybridized carbons (Fsp3) is 0.542. The molecule has 6 nitrogen and oxygen atoms in total. The van der Waals surface area contributed by atoms with E-state index in [0.717, 1.165) is 62.0 Å². The minimum atomic E-state index is -0.442. The summed E-state index contributed by atoms with van der Waals surface area (Å²) in [6.45, 7) is 6.97. The number of aromatic nitrogens is 2. The van der Waals surface area contributed by atoms with Crippen molar-refractivity contribution in [3.63, 3.8) is 0 Å².